The second-order valence-electron chi connectivity index (χ2n) is 6.23. The van der Waals surface area contributed by atoms with Gasteiger partial charge in [-0.05, 0) is 49.7 Å². The van der Waals surface area contributed by atoms with Crippen LogP contribution in [0.1, 0.15) is 28.5 Å². The lowest BCUT2D eigenvalue weighted by atomic mass is 10.1. The van der Waals surface area contributed by atoms with Crippen LogP contribution >= 0.6 is 0 Å². The molecule has 0 aliphatic carbocycles. The summed E-state index contributed by atoms with van der Waals surface area (Å²) in [6.07, 6.45) is 2.52. The monoisotopic (exact) mass is 391 g/mol. The summed E-state index contributed by atoms with van der Waals surface area (Å²) in [5.41, 5.74) is 8.62. The van der Waals surface area contributed by atoms with Gasteiger partial charge in [0.25, 0.3) is 0 Å². The summed E-state index contributed by atoms with van der Waals surface area (Å²) in [6, 6.07) is 12.5. The molecule has 29 heavy (non-hydrogen) atoms. The number of rotatable bonds is 7. The summed E-state index contributed by atoms with van der Waals surface area (Å²) < 4.78 is 12.4. The van der Waals surface area contributed by atoms with Gasteiger partial charge in [-0.3, -0.25) is 4.98 Å². The Balaban J connectivity index is 1.96. The lowest BCUT2D eigenvalue weighted by Gasteiger charge is -2.11. The zero-order chi connectivity index (χ0) is 20.8. The van der Waals surface area contributed by atoms with E-state index in [1.54, 1.807) is 38.4 Å². The van der Waals surface area contributed by atoms with Crippen molar-refractivity contribution >= 4 is 5.97 Å². The van der Waals surface area contributed by atoms with Crippen molar-refractivity contribution in [3.05, 3.63) is 59.4 Å². The maximum Gasteiger partial charge on any atom is 0.358 e. The Morgan fingerprint density at radius 2 is 2.10 bits per heavy atom. The van der Waals surface area contributed by atoms with Crippen molar-refractivity contribution in [2.75, 3.05) is 13.2 Å². The molecule has 0 bridgehead atoms. The van der Waals surface area contributed by atoms with Gasteiger partial charge in [-0.2, -0.15) is 10.4 Å². The number of pyridine rings is 1. The van der Waals surface area contributed by atoms with Crippen LogP contribution in [0, 0.1) is 11.3 Å². The molecule has 0 spiro atoms. The zero-order valence-electron chi connectivity index (χ0n) is 16.3. The SMILES string of the molecule is CCOC(=O)c1cc(Oc2cc(C#N)ccc2-c2ccc(CCN)cn2)n(C)n1. The van der Waals surface area contributed by atoms with E-state index in [4.69, 9.17) is 15.2 Å². The highest BCUT2D eigenvalue weighted by Gasteiger charge is 2.17. The van der Waals surface area contributed by atoms with Gasteiger partial charge >= 0.3 is 5.97 Å². The number of hydrogen-bond donors (Lipinski definition) is 1. The summed E-state index contributed by atoms with van der Waals surface area (Å²) in [5.74, 6) is 0.242. The summed E-state index contributed by atoms with van der Waals surface area (Å²) >= 11 is 0. The Hall–Kier alpha value is -3.70. The lowest BCUT2D eigenvalue weighted by Crippen LogP contribution is -2.06. The number of aromatic nitrogens is 3. The second kappa shape index (κ2) is 8.99. The molecule has 0 saturated heterocycles. The number of ether oxygens (including phenoxy) is 2. The third-order valence-corrected chi connectivity index (χ3v) is 4.18. The Bertz CT molecular complexity index is 1050. The van der Waals surface area contributed by atoms with E-state index < -0.39 is 5.97 Å². The number of esters is 1. The number of carbonyl (C=O) groups excluding carboxylic acids is 1. The summed E-state index contributed by atoms with van der Waals surface area (Å²) in [5, 5.41) is 13.4. The Morgan fingerprint density at radius 3 is 2.76 bits per heavy atom. The number of carbonyl (C=O) groups is 1. The Morgan fingerprint density at radius 1 is 1.28 bits per heavy atom. The summed E-state index contributed by atoms with van der Waals surface area (Å²) in [7, 11) is 1.66. The number of nitrogens with zero attached hydrogens (tertiary/aromatic N) is 4. The number of nitriles is 1. The highest BCUT2D eigenvalue weighted by atomic mass is 16.5. The number of hydrogen-bond acceptors (Lipinski definition) is 7. The van der Waals surface area contributed by atoms with Crippen LogP contribution in [0.2, 0.25) is 0 Å². The van der Waals surface area contributed by atoms with Crippen LogP contribution in [0.3, 0.4) is 0 Å². The normalized spacial score (nSPS) is 10.4. The van der Waals surface area contributed by atoms with Gasteiger partial charge in [-0.15, -0.1) is 0 Å². The number of aryl methyl sites for hydroxylation is 1. The average Bonchev–Trinajstić information content (AvgIpc) is 3.09. The van der Waals surface area contributed by atoms with Crippen LogP contribution in [0.5, 0.6) is 11.6 Å². The fraction of sp³-hybridized carbons (Fsp3) is 0.238. The molecule has 0 saturated carbocycles. The van der Waals surface area contributed by atoms with E-state index in [0.717, 1.165) is 12.0 Å². The molecule has 2 heterocycles. The van der Waals surface area contributed by atoms with E-state index in [9.17, 15) is 10.1 Å². The van der Waals surface area contributed by atoms with Gasteiger partial charge in [0.2, 0.25) is 5.88 Å². The number of nitrogens with two attached hydrogens (primary N) is 1. The van der Waals surface area contributed by atoms with Crippen molar-refractivity contribution in [2.24, 2.45) is 12.8 Å². The van der Waals surface area contributed by atoms with E-state index in [-0.39, 0.29) is 12.3 Å². The molecule has 8 heteroatoms. The van der Waals surface area contributed by atoms with Crippen LogP contribution in [-0.2, 0) is 18.2 Å². The Kier molecular flexibility index (Phi) is 6.22. The van der Waals surface area contributed by atoms with E-state index in [2.05, 4.69) is 16.2 Å². The topological polar surface area (TPSA) is 116 Å². The molecule has 2 N–H and O–H groups in total. The molecule has 0 unspecified atom stereocenters. The van der Waals surface area contributed by atoms with Crippen molar-refractivity contribution in [3.8, 4) is 29.0 Å². The minimum Gasteiger partial charge on any atom is -0.461 e. The molecular weight excluding hydrogens is 370 g/mol. The van der Waals surface area contributed by atoms with E-state index in [1.807, 2.05) is 12.1 Å². The Labute approximate surface area is 168 Å². The standard InChI is InChI=1S/C21H21N5O3/c1-3-28-21(27)18-11-20(26(2)25-18)29-19-10-15(12-23)4-6-16(19)17-7-5-14(8-9-22)13-24-17/h4-7,10-11,13H,3,8-9,22H2,1-2H3. The smallest absolute Gasteiger partial charge is 0.358 e. The third-order valence-electron chi connectivity index (χ3n) is 4.18. The number of benzene rings is 1. The minimum atomic E-state index is -0.527. The molecular formula is C21H21N5O3. The van der Waals surface area contributed by atoms with Crippen molar-refractivity contribution in [2.45, 2.75) is 13.3 Å². The molecule has 2 aromatic heterocycles. The van der Waals surface area contributed by atoms with Crippen LogP contribution in [-0.4, -0.2) is 33.9 Å². The minimum absolute atomic E-state index is 0.145. The van der Waals surface area contributed by atoms with Gasteiger partial charge in [0.15, 0.2) is 5.69 Å². The molecule has 8 nitrogen and oxygen atoms in total. The molecule has 148 valence electrons. The summed E-state index contributed by atoms with van der Waals surface area (Å²) in [4.78, 5) is 16.4. The molecule has 3 rings (SSSR count). The quantitative estimate of drug-likeness (QED) is 0.616. The van der Waals surface area contributed by atoms with Gasteiger partial charge in [0.05, 0.1) is 23.9 Å². The maximum absolute atomic E-state index is 11.9. The van der Waals surface area contributed by atoms with Gasteiger partial charge < -0.3 is 15.2 Å². The molecule has 0 amide bonds. The molecule has 0 atom stereocenters. The van der Waals surface area contributed by atoms with E-state index >= 15 is 0 Å². The van der Waals surface area contributed by atoms with Gasteiger partial charge in [-0.1, -0.05) is 6.07 Å². The fourth-order valence-corrected chi connectivity index (χ4v) is 2.75. The predicted octanol–water partition coefficient (Wildman–Crippen LogP) is 2.82. The average molecular weight is 391 g/mol. The largest absolute Gasteiger partial charge is 0.461 e. The molecule has 1 aromatic carbocycles. The first kappa shape index (κ1) is 20.0. The zero-order valence-corrected chi connectivity index (χ0v) is 16.3. The van der Waals surface area contributed by atoms with Gasteiger partial charge in [0.1, 0.15) is 5.75 Å². The highest BCUT2D eigenvalue weighted by molar-refractivity contribution is 5.87. The highest BCUT2D eigenvalue weighted by Crippen LogP contribution is 2.33. The maximum atomic E-state index is 11.9. The van der Waals surface area contributed by atoms with Crippen molar-refractivity contribution in [1.82, 2.24) is 14.8 Å². The molecule has 0 aliphatic heterocycles. The predicted molar refractivity (Wildman–Crippen MR) is 106 cm³/mol. The van der Waals surface area contributed by atoms with Crippen LogP contribution < -0.4 is 10.5 Å². The first-order chi connectivity index (χ1) is 14.0. The lowest BCUT2D eigenvalue weighted by molar-refractivity contribution is 0.0518. The first-order valence-electron chi connectivity index (χ1n) is 9.14. The van der Waals surface area contributed by atoms with Crippen molar-refractivity contribution < 1.29 is 14.3 Å². The van der Waals surface area contributed by atoms with Crippen molar-refractivity contribution in [3.63, 3.8) is 0 Å². The van der Waals surface area contributed by atoms with Crippen LogP contribution in [0.15, 0.2) is 42.6 Å². The molecule has 0 fully saturated rings. The van der Waals surface area contributed by atoms with Crippen LogP contribution in [0.4, 0.5) is 0 Å². The van der Waals surface area contributed by atoms with Crippen LogP contribution in [0.25, 0.3) is 11.3 Å². The summed E-state index contributed by atoms with van der Waals surface area (Å²) in [6.45, 7) is 2.53. The first-order valence-corrected chi connectivity index (χ1v) is 9.14. The second-order valence-corrected chi connectivity index (χ2v) is 6.23. The van der Waals surface area contributed by atoms with Gasteiger partial charge in [-0.25, -0.2) is 9.48 Å². The van der Waals surface area contributed by atoms with Crippen molar-refractivity contribution in [1.29, 1.82) is 5.26 Å². The van der Waals surface area contributed by atoms with E-state index in [0.29, 0.717) is 35.0 Å². The third kappa shape index (κ3) is 4.59. The fourth-order valence-electron chi connectivity index (χ4n) is 2.75. The molecule has 0 radical (unpaired) electrons. The van der Waals surface area contributed by atoms with E-state index in [1.165, 1.54) is 10.7 Å². The van der Waals surface area contributed by atoms with Gasteiger partial charge in [0, 0.05) is 24.9 Å². The molecule has 0 aliphatic rings. The molecule has 3 aromatic rings.